The monoisotopic (exact) mass is 302 g/mol. The molecular formula is C14H17F3N2O2. The number of carboxylic acid groups (broad SMARTS) is 1. The first kappa shape index (κ1) is 15.6. The summed E-state index contributed by atoms with van der Waals surface area (Å²) in [4.78, 5) is 14.5. The van der Waals surface area contributed by atoms with Gasteiger partial charge in [-0.2, -0.15) is 13.2 Å². The summed E-state index contributed by atoms with van der Waals surface area (Å²) in [6, 6.07) is 1.63. The van der Waals surface area contributed by atoms with Crippen molar-refractivity contribution in [1.29, 1.82) is 0 Å². The lowest BCUT2D eigenvalue weighted by Gasteiger charge is -2.18. The Morgan fingerprint density at radius 3 is 2.67 bits per heavy atom. The highest BCUT2D eigenvalue weighted by Crippen LogP contribution is 2.32. The summed E-state index contributed by atoms with van der Waals surface area (Å²) in [5, 5.41) is 11.8. The van der Waals surface area contributed by atoms with Crippen LogP contribution in [0.5, 0.6) is 0 Å². The fourth-order valence-electron chi connectivity index (χ4n) is 2.68. The van der Waals surface area contributed by atoms with Crippen LogP contribution < -0.4 is 5.32 Å². The highest BCUT2D eigenvalue weighted by atomic mass is 19.4. The van der Waals surface area contributed by atoms with Gasteiger partial charge in [0.25, 0.3) is 0 Å². The zero-order valence-corrected chi connectivity index (χ0v) is 11.6. The van der Waals surface area contributed by atoms with Crippen LogP contribution in [-0.2, 0) is 6.18 Å². The van der Waals surface area contributed by atoms with Gasteiger partial charge in [-0.1, -0.05) is 19.8 Å². The Morgan fingerprint density at radius 1 is 1.43 bits per heavy atom. The Kier molecular flexibility index (Phi) is 4.39. The molecule has 1 saturated carbocycles. The van der Waals surface area contributed by atoms with E-state index < -0.39 is 17.8 Å². The van der Waals surface area contributed by atoms with Gasteiger partial charge in [-0.3, -0.25) is 0 Å². The summed E-state index contributed by atoms with van der Waals surface area (Å²) in [6.45, 7) is 2.53. The van der Waals surface area contributed by atoms with Crippen molar-refractivity contribution in [2.75, 3.05) is 11.9 Å². The predicted molar refractivity (Wildman–Crippen MR) is 71.2 cm³/mol. The van der Waals surface area contributed by atoms with E-state index in [1.165, 1.54) is 0 Å². The first-order chi connectivity index (χ1) is 9.79. The highest BCUT2D eigenvalue weighted by Gasteiger charge is 2.33. The summed E-state index contributed by atoms with van der Waals surface area (Å²) >= 11 is 0. The number of carboxylic acids is 1. The van der Waals surface area contributed by atoms with E-state index in [0.29, 0.717) is 24.4 Å². The molecule has 1 aromatic rings. The van der Waals surface area contributed by atoms with Crippen molar-refractivity contribution < 1.29 is 23.1 Å². The van der Waals surface area contributed by atoms with Crippen LogP contribution >= 0.6 is 0 Å². The number of carbonyl (C=O) groups is 1. The maximum Gasteiger partial charge on any atom is 0.433 e. The van der Waals surface area contributed by atoms with E-state index in [4.69, 9.17) is 5.11 Å². The zero-order chi connectivity index (χ0) is 15.6. The smallest absolute Gasteiger partial charge is 0.433 e. The second-order valence-electron chi connectivity index (χ2n) is 5.44. The van der Waals surface area contributed by atoms with Crippen molar-refractivity contribution >= 4 is 11.8 Å². The average molecular weight is 302 g/mol. The van der Waals surface area contributed by atoms with Crippen molar-refractivity contribution in [3.05, 3.63) is 23.4 Å². The third kappa shape index (κ3) is 3.65. The average Bonchev–Trinajstić information content (AvgIpc) is 2.80. The summed E-state index contributed by atoms with van der Waals surface area (Å²) in [5.74, 6) is -0.686. The summed E-state index contributed by atoms with van der Waals surface area (Å²) < 4.78 is 38.0. The van der Waals surface area contributed by atoms with Gasteiger partial charge in [-0.15, -0.1) is 0 Å². The zero-order valence-electron chi connectivity index (χ0n) is 11.6. The van der Waals surface area contributed by atoms with Crippen LogP contribution in [0.25, 0.3) is 0 Å². The van der Waals surface area contributed by atoms with Crippen molar-refractivity contribution in [3.63, 3.8) is 0 Å². The lowest BCUT2D eigenvalue weighted by atomic mass is 9.98. The van der Waals surface area contributed by atoms with E-state index in [9.17, 15) is 18.0 Å². The molecule has 1 aromatic heterocycles. The summed E-state index contributed by atoms with van der Waals surface area (Å²) in [6.07, 6.45) is -1.41. The highest BCUT2D eigenvalue weighted by molar-refractivity contribution is 5.93. The SMILES string of the molecule is CC1CCCC1CNc1nc(C(F)(F)F)ccc1C(=O)O. The van der Waals surface area contributed by atoms with E-state index >= 15 is 0 Å². The normalized spacial score (nSPS) is 22.3. The molecule has 2 atom stereocenters. The third-order valence-corrected chi connectivity index (χ3v) is 3.99. The molecule has 2 unspecified atom stereocenters. The number of rotatable bonds is 4. The molecule has 1 heterocycles. The van der Waals surface area contributed by atoms with Crippen molar-refractivity contribution in [3.8, 4) is 0 Å². The van der Waals surface area contributed by atoms with Crippen LogP contribution in [0.1, 0.15) is 42.2 Å². The Balaban J connectivity index is 2.20. The van der Waals surface area contributed by atoms with Crippen LogP contribution in [0.3, 0.4) is 0 Å². The van der Waals surface area contributed by atoms with Crippen LogP contribution in [0.4, 0.5) is 19.0 Å². The standard InChI is InChI=1S/C14H17F3N2O2/c1-8-3-2-4-9(8)7-18-12-10(13(20)21)5-6-11(19-12)14(15,16)17/h5-6,8-9H,2-4,7H2,1H3,(H,18,19)(H,20,21). The van der Waals surface area contributed by atoms with Crippen LogP contribution in [0.2, 0.25) is 0 Å². The Morgan fingerprint density at radius 2 is 2.14 bits per heavy atom. The molecule has 0 amide bonds. The number of alkyl halides is 3. The molecule has 0 radical (unpaired) electrons. The lowest BCUT2D eigenvalue weighted by molar-refractivity contribution is -0.141. The molecule has 1 fully saturated rings. The van der Waals surface area contributed by atoms with Crippen molar-refractivity contribution in [2.24, 2.45) is 11.8 Å². The van der Waals surface area contributed by atoms with Gasteiger partial charge >= 0.3 is 12.1 Å². The van der Waals surface area contributed by atoms with Gasteiger partial charge < -0.3 is 10.4 Å². The third-order valence-electron chi connectivity index (χ3n) is 3.99. The maximum absolute atomic E-state index is 12.7. The number of halogens is 3. The minimum Gasteiger partial charge on any atom is -0.478 e. The molecule has 4 nitrogen and oxygen atoms in total. The van der Waals surface area contributed by atoms with Crippen molar-refractivity contribution in [2.45, 2.75) is 32.4 Å². The largest absolute Gasteiger partial charge is 0.478 e. The van der Waals surface area contributed by atoms with E-state index in [0.717, 1.165) is 25.3 Å². The number of pyridine rings is 1. The molecule has 21 heavy (non-hydrogen) atoms. The van der Waals surface area contributed by atoms with Gasteiger partial charge in [-0.25, -0.2) is 9.78 Å². The number of aromatic carboxylic acids is 1. The van der Waals surface area contributed by atoms with E-state index in [1.54, 1.807) is 0 Å². The number of hydrogen-bond acceptors (Lipinski definition) is 3. The van der Waals surface area contributed by atoms with Crippen LogP contribution in [-0.4, -0.2) is 22.6 Å². The maximum atomic E-state index is 12.7. The van der Waals surface area contributed by atoms with Gasteiger partial charge in [0, 0.05) is 6.54 Å². The number of nitrogens with one attached hydrogen (secondary N) is 1. The second kappa shape index (κ2) is 5.91. The quantitative estimate of drug-likeness (QED) is 0.891. The molecular weight excluding hydrogens is 285 g/mol. The fraction of sp³-hybridized carbons (Fsp3) is 0.571. The fourth-order valence-corrected chi connectivity index (χ4v) is 2.68. The van der Waals surface area contributed by atoms with Gasteiger partial charge in [-0.05, 0) is 30.4 Å². The number of nitrogens with zero attached hydrogens (tertiary/aromatic N) is 1. The van der Waals surface area contributed by atoms with E-state index in [1.807, 2.05) is 0 Å². The van der Waals surface area contributed by atoms with Crippen LogP contribution in [0.15, 0.2) is 12.1 Å². The number of anilines is 1. The first-order valence-electron chi connectivity index (χ1n) is 6.84. The van der Waals surface area contributed by atoms with Gasteiger partial charge in [0.1, 0.15) is 17.1 Å². The summed E-state index contributed by atoms with van der Waals surface area (Å²) in [5.41, 5.74) is -1.33. The summed E-state index contributed by atoms with van der Waals surface area (Å²) in [7, 11) is 0. The molecule has 1 aliphatic rings. The number of aromatic nitrogens is 1. The molecule has 0 saturated heterocycles. The molecule has 7 heteroatoms. The van der Waals surface area contributed by atoms with Crippen LogP contribution in [0, 0.1) is 11.8 Å². The second-order valence-corrected chi connectivity index (χ2v) is 5.44. The number of hydrogen-bond donors (Lipinski definition) is 2. The molecule has 0 spiro atoms. The lowest BCUT2D eigenvalue weighted by Crippen LogP contribution is -2.20. The topological polar surface area (TPSA) is 62.2 Å². The molecule has 2 N–H and O–H groups in total. The molecule has 0 aliphatic heterocycles. The van der Waals surface area contributed by atoms with Gasteiger partial charge in [0.15, 0.2) is 0 Å². The first-order valence-corrected chi connectivity index (χ1v) is 6.84. The van der Waals surface area contributed by atoms with Gasteiger partial charge in [0.05, 0.1) is 0 Å². The predicted octanol–water partition coefficient (Wildman–Crippen LogP) is 3.65. The molecule has 0 aromatic carbocycles. The Labute approximate surface area is 120 Å². The minimum absolute atomic E-state index is 0.212. The van der Waals surface area contributed by atoms with Crippen molar-refractivity contribution in [1.82, 2.24) is 4.98 Å². The van der Waals surface area contributed by atoms with Gasteiger partial charge in [0.2, 0.25) is 0 Å². The Bertz CT molecular complexity index is 531. The minimum atomic E-state index is -4.59. The molecule has 2 rings (SSSR count). The van der Waals surface area contributed by atoms with E-state index in [2.05, 4.69) is 17.2 Å². The molecule has 1 aliphatic carbocycles. The van der Waals surface area contributed by atoms with E-state index in [-0.39, 0.29) is 11.4 Å². The molecule has 0 bridgehead atoms. The molecule has 116 valence electrons. The Hall–Kier alpha value is -1.79.